The zero-order valence-corrected chi connectivity index (χ0v) is 15.7. The quantitative estimate of drug-likeness (QED) is 0.477. The van der Waals surface area contributed by atoms with Crippen LogP contribution in [0.1, 0.15) is 52.0 Å². The van der Waals surface area contributed by atoms with Gasteiger partial charge >= 0.3 is 6.09 Å². The van der Waals surface area contributed by atoms with Crippen molar-refractivity contribution in [3.63, 3.8) is 0 Å². The first-order valence-corrected chi connectivity index (χ1v) is 9.20. The van der Waals surface area contributed by atoms with Gasteiger partial charge in [0.05, 0.1) is 6.61 Å². The molecule has 2 rings (SSSR count). The largest absolute Gasteiger partial charge is 0.443 e. The third kappa shape index (κ3) is 7.45. The lowest BCUT2D eigenvalue weighted by atomic mass is 9.82. The molecule has 0 spiro atoms. The number of nitrogens with two attached hydrogens (primary N) is 1. The zero-order valence-electron chi connectivity index (χ0n) is 15.7. The van der Waals surface area contributed by atoms with Gasteiger partial charge in [-0.15, -0.1) is 0 Å². The van der Waals surface area contributed by atoms with Crippen molar-refractivity contribution in [1.82, 2.24) is 5.01 Å². The molecule has 1 saturated carbocycles. The molecule has 0 saturated heterocycles. The molecule has 5 nitrogen and oxygen atoms in total. The molecule has 1 aliphatic rings. The molecule has 5 heteroatoms. The fourth-order valence-corrected chi connectivity index (χ4v) is 3.17. The average molecular weight is 348 g/mol. The second-order valence-electron chi connectivity index (χ2n) is 8.02. The SMILES string of the molecule is CC(C)(C)OC(=O)N(N)CC1CCC(COCc2ccccc2)CC1. The molecule has 1 aromatic rings. The molecule has 0 atom stereocenters. The van der Waals surface area contributed by atoms with Crippen molar-refractivity contribution in [3.8, 4) is 0 Å². The Hall–Kier alpha value is -1.59. The van der Waals surface area contributed by atoms with Crippen LogP contribution in [0, 0.1) is 11.8 Å². The lowest BCUT2D eigenvalue weighted by Crippen LogP contribution is -2.44. The van der Waals surface area contributed by atoms with E-state index in [0.29, 0.717) is 25.0 Å². The van der Waals surface area contributed by atoms with Gasteiger partial charge in [-0.3, -0.25) is 0 Å². The Kier molecular flexibility index (Phi) is 7.26. The molecule has 25 heavy (non-hydrogen) atoms. The molecule has 1 aliphatic carbocycles. The van der Waals surface area contributed by atoms with Gasteiger partial charge in [-0.1, -0.05) is 30.3 Å². The van der Waals surface area contributed by atoms with Crippen molar-refractivity contribution in [2.75, 3.05) is 13.2 Å². The van der Waals surface area contributed by atoms with Crippen LogP contribution in [0.3, 0.4) is 0 Å². The normalized spacial score (nSPS) is 21.0. The molecule has 2 N–H and O–H groups in total. The second-order valence-corrected chi connectivity index (χ2v) is 8.02. The predicted octanol–water partition coefficient (Wildman–Crippen LogP) is 4.12. The maximum absolute atomic E-state index is 11.9. The Morgan fingerprint density at radius 1 is 1.12 bits per heavy atom. The minimum absolute atomic E-state index is 0.444. The summed E-state index contributed by atoms with van der Waals surface area (Å²) < 4.78 is 11.2. The van der Waals surface area contributed by atoms with Crippen LogP contribution < -0.4 is 5.84 Å². The maximum atomic E-state index is 11.9. The van der Waals surface area contributed by atoms with Gasteiger partial charge in [0, 0.05) is 13.2 Å². The highest BCUT2D eigenvalue weighted by molar-refractivity contribution is 5.67. The van der Waals surface area contributed by atoms with E-state index in [9.17, 15) is 4.79 Å². The van der Waals surface area contributed by atoms with E-state index in [1.165, 1.54) is 10.6 Å². The molecule has 1 amide bonds. The summed E-state index contributed by atoms with van der Waals surface area (Å²) in [5.41, 5.74) is 0.704. The van der Waals surface area contributed by atoms with Gasteiger partial charge in [0.1, 0.15) is 5.60 Å². The van der Waals surface area contributed by atoms with Crippen LogP contribution in [0.4, 0.5) is 4.79 Å². The summed E-state index contributed by atoms with van der Waals surface area (Å²) >= 11 is 0. The number of hydrazine groups is 1. The summed E-state index contributed by atoms with van der Waals surface area (Å²) in [4.78, 5) is 11.9. The van der Waals surface area contributed by atoms with Gasteiger partial charge in [-0.25, -0.2) is 15.6 Å². The first kappa shape index (κ1) is 19.7. The van der Waals surface area contributed by atoms with E-state index >= 15 is 0 Å². The topological polar surface area (TPSA) is 64.8 Å². The molecule has 1 aromatic carbocycles. The first-order chi connectivity index (χ1) is 11.8. The lowest BCUT2D eigenvalue weighted by Gasteiger charge is -2.31. The van der Waals surface area contributed by atoms with Gasteiger partial charge in [-0.2, -0.15) is 0 Å². The van der Waals surface area contributed by atoms with Gasteiger partial charge in [0.25, 0.3) is 0 Å². The van der Waals surface area contributed by atoms with Crippen molar-refractivity contribution in [2.24, 2.45) is 17.7 Å². The van der Waals surface area contributed by atoms with Gasteiger partial charge in [-0.05, 0) is 63.9 Å². The van der Waals surface area contributed by atoms with Crippen LogP contribution >= 0.6 is 0 Å². The number of nitrogens with zero attached hydrogens (tertiary/aromatic N) is 1. The summed E-state index contributed by atoms with van der Waals surface area (Å²) in [5.74, 6) is 6.92. The molecule has 0 radical (unpaired) electrons. The Morgan fingerprint density at radius 3 is 2.32 bits per heavy atom. The molecule has 0 heterocycles. The van der Waals surface area contributed by atoms with E-state index in [-0.39, 0.29) is 0 Å². The Balaban J connectivity index is 1.63. The zero-order chi connectivity index (χ0) is 18.3. The first-order valence-electron chi connectivity index (χ1n) is 9.20. The van der Waals surface area contributed by atoms with Gasteiger partial charge in [0.15, 0.2) is 0 Å². The Bertz CT molecular complexity index is 519. The van der Waals surface area contributed by atoms with Crippen LogP contribution in [0.25, 0.3) is 0 Å². The number of hydrogen-bond acceptors (Lipinski definition) is 4. The Morgan fingerprint density at radius 2 is 1.72 bits per heavy atom. The fourth-order valence-electron chi connectivity index (χ4n) is 3.17. The number of carbonyl (C=O) groups is 1. The highest BCUT2D eigenvalue weighted by Crippen LogP contribution is 2.29. The number of hydrogen-bond donors (Lipinski definition) is 1. The van der Waals surface area contributed by atoms with Crippen LogP contribution in [-0.4, -0.2) is 29.9 Å². The van der Waals surface area contributed by atoms with E-state index in [0.717, 1.165) is 32.3 Å². The third-order valence-electron chi connectivity index (χ3n) is 4.51. The van der Waals surface area contributed by atoms with Crippen molar-refractivity contribution < 1.29 is 14.3 Å². The summed E-state index contributed by atoms with van der Waals surface area (Å²) in [7, 11) is 0. The average Bonchev–Trinajstić information content (AvgIpc) is 2.56. The molecule has 1 fully saturated rings. The minimum atomic E-state index is -0.511. The van der Waals surface area contributed by atoms with Crippen LogP contribution in [0.15, 0.2) is 30.3 Å². The van der Waals surface area contributed by atoms with Crippen molar-refractivity contribution in [1.29, 1.82) is 0 Å². The second kappa shape index (κ2) is 9.20. The van der Waals surface area contributed by atoms with E-state index in [2.05, 4.69) is 12.1 Å². The molecular formula is C20H32N2O3. The number of ether oxygens (including phenoxy) is 2. The van der Waals surface area contributed by atoms with Crippen molar-refractivity contribution >= 4 is 6.09 Å². The summed E-state index contributed by atoms with van der Waals surface area (Å²) in [6.45, 7) is 7.58. The van der Waals surface area contributed by atoms with Crippen LogP contribution in [0.2, 0.25) is 0 Å². The van der Waals surface area contributed by atoms with Crippen molar-refractivity contribution in [3.05, 3.63) is 35.9 Å². The van der Waals surface area contributed by atoms with E-state index in [1.807, 2.05) is 39.0 Å². The minimum Gasteiger partial charge on any atom is -0.443 e. The monoisotopic (exact) mass is 348 g/mol. The van der Waals surface area contributed by atoms with Gasteiger partial charge < -0.3 is 9.47 Å². The molecule has 0 aliphatic heterocycles. The van der Waals surface area contributed by atoms with E-state index in [1.54, 1.807) is 0 Å². The summed E-state index contributed by atoms with van der Waals surface area (Å²) in [6, 6.07) is 10.3. The smallest absolute Gasteiger partial charge is 0.424 e. The van der Waals surface area contributed by atoms with E-state index < -0.39 is 11.7 Å². The highest BCUT2D eigenvalue weighted by Gasteiger charge is 2.26. The lowest BCUT2D eigenvalue weighted by molar-refractivity contribution is 0.0180. The highest BCUT2D eigenvalue weighted by atomic mass is 16.6. The fraction of sp³-hybridized carbons (Fsp3) is 0.650. The standard InChI is InChI=1S/C20H32N2O3/c1-20(2,3)25-19(23)22(21)13-16-9-11-18(12-10-16)15-24-14-17-7-5-4-6-8-17/h4-8,16,18H,9-15,21H2,1-3H3. The number of carbonyl (C=O) groups excluding carboxylic acids is 1. The molecule has 0 unspecified atom stereocenters. The predicted molar refractivity (Wildman–Crippen MR) is 98.7 cm³/mol. The molecule has 140 valence electrons. The molecular weight excluding hydrogens is 316 g/mol. The number of amides is 1. The summed E-state index contributed by atoms with van der Waals surface area (Å²) in [6.07, 6.45) is 3.97. The van der Waals surface area contributed by atoms with Crippen LogP contribution in [0.5, 0.6) is 0 Å². The van der Waals surface area contributed by atoms with Gasteiger partial charge in [0.2, 0.25) is 0 Å². The number of rotatable bonds is 6. The van der Waals surface area contributed by atoms with Crippen molar-refractivity contribution in [2.45, 2.75) is 58.7 Å². The van der Waals surface area contributed by atoms with E-state index in [4.69, 9.17) is 15.3 Å². The number of benzene rings is 1. The van der Waals surface area contributed by atoms with Crippen LogP contribution in [-0.2, 0) is 16.1 Å². The Labute approximate surface area is 151 Å². The third-order valence-corrected chi connectivity index (χ3v) is 4.51. The summed E-state index contributed by atoms with van der Waals surface area (Å²) in [5, 5.41) is 1.22. The molecule has 0 bridgehead atoms. The molecule has 0 aromatic heterocycles. The maximum Gasteiger partial charge on any atom is 0.424 e.